The lowest BCUT2D eigenvalue weighted by Gasteiger charge is -2.24. The number of aromatic nitrogens is 3. The van der Waals surface area contributed by atoms with Gasteiger partial charge in [-0.3, -0.25) is 15.4 Å². The van der Waals surface area contributed by atoms with Gasteiger partial charge >= 0.3 is 0 Å². The molecular weight excluding hydrogens is 354 g/mol. The molecule has 0 saturated carbocycles. The number of pyridine rings is 3. The van der Waals surface area contributed by atoms with Crippen LogP contribution in [-0.4, -0.2) is 40.0 Å². The van der Waals surface area contributed by atoms with Crippen molar-refractivity contribution < 1.29 is 9.47 Å². The lowest BCUT2D eigenvalue weighted by molar-refractivity contribution is 0.0237. The van der Waals surface area contributed by atoms with Crippen LogP contribution in [0.2, 0.25) is 0 Å². The van der Waals surface area contributed by atoms with E-state index in [0.717, 1.165) is 24.1 Å². The minimum absolute atomic E-state index is 0.0134. The van der Waals surface area contributed by atoms with Crippen LogP contribution < -0.4 is 10.5 Å². The zero-order valence-corrected chi connectivity index (χ0v) is 15.3. The van der Waals surface area contributed by atoms with Crippen molar-refractivity contribution in [2.24, 2.45) is 0 Å². The molecule has 0 radical (unpaired) electrons. The summed E-state index contributed by atoms with van der Waals surface area (Å²) in [5.41, 5.74) is 9.81. The first-order valence-electron chi connectivity index (χ1n) is 9.17. The lowest BCUT2D eigenvalue weighted by Crippen LogP contribution is -2.27. The van der Waals surface area contributed by atoms with Gasteiger partial charge in [0, 0.05) is 54.4 Å². The van der Waals surface area contributed by atoms with Crippen LogP contribution in [-0.2, 0) is 4.74 Å². The van der Waals surface area contributed by atoms with Gasteiger partial charge in [0.2, 0.25) is 5.88 Å². The summed E-state index contributed by atoms with van der Waals surface area (Å²) in [7, 11) is 0. The highest BCUT2D eigenvalue weighted by atomic mass is 16.5. The van der Waals surface area contributed by atoms with E-state index in [1.807, 2.05) is 18.2 Å². The van der Waals surface area contributed by atoms with Crippen molar-refractivity contribution in [1.29, 1.82) is 5.41 Å². The van der Waals surface area contributed by atoms with E-state index in [-0.39, 0.29) is 11.8 Å². The topological polar surface area (TPSA) is 107 Å². The third-order valence-electron chi connectivity index (χ3n) is 4.67. The van der Waals surface area contributed by atoms with Gasteiger partial charge < -0.3 is 15.2 Å². The van der Waals surface area contributed by atoms with Gasteiger partial charge in [-0.1, -0.05) is 0 Å². The smallest absolute Gasteiger partial charge is 0.225 e. The molecule has 1 aliphatic rings. The predicted octanol–water partition coefficient (Wildman–Crippen LogP) is 3.09. The fourth-order valence-corrected chi connectivity index (χ4v) is 3.16. The quantitative estimate of drug-likeness (QED) is 0.664. The Morgan fingerprint density at radius 1 is 1.04 bits per heavy atom. The van der Waals surface area contributed by atoms with E-state index in [9.17, 15) is 0 Å². The van der Waals surface area contributed by atoms with Crippen LogP contribution in [0.25, 0.3) is 11.3 Å². The van der Waals surface area contributed by atoms with Crippen LogP contribution in [0.3, 0.4) is 0 Å². The Kier molecular flexibility index (Phi) is 5.25. The van der Waals surface area contributed by atoms with Crippen LogP contribution in [0.15, 0.2) is 55.1 Å². The van der Waals surface area contributed by atoms with E-state index in [1.54, 1.807) is 36.9 Å². The fourth-order valence-electron chi connectivity index (χ4n) is 3.16. The first kappa shape index (κ1) is 18.1. The predicted molar refractivity (Wildman–Crippen MR) is 107 cm³/mol. The van der Waals surface area contributed by atoms with Gasteiger partial charge in [-0.2, -0.15) is 0 Å². The Morgan fingerprint density at radius 2 is 1.79 bits per heavy atom. The van der Waals surface area contributed by atoms with E-state index in [1.165, 1.54) is 0 Å². The fraction of sp³-hybridized carbons (Fsp3) is 0.238. The number of nitrogens with zero attached hydrogens (tertiary/aromatic N) is 3. The highest BCUT2D eigenvalue weighted by Crippen LogP contribution is 2.28. The molecule has 4 heterocycles. The number of nitrogens with two attached hydrogens (primary N) is 1. The van der Waals surface area contributed by atoms with E-state index < -0.39 is 0 Å². The number of nitrogens with one attached hydrogen (secondary N) is 1. The maximum atomic E-state index is 8.76. The Morgan fingerprint density at radius 3 is 2.57 bits per heavy atom. The Labute approximate surface area is 163 Å². The SMILES string of the molecule is N=C(c1ccnc(-c2ccncc2)c1)c1c(N)ccnc1OC1CCOCC1. The number of rotatable bonds is 5. The first-order chi connectivity index (χ1) is 13.7. The molecule has 0 bridgehead atoms. The summed E-state index contributed by atoms with van der Waals surface area (Å²) in [5.74, 6) is 0.388. The van der Waals surface area contributed by atoms with Gasteiger partial charge in [0.05, 0.1) is 30.2 Å². The van der Waals surface area contributed by atoms with Gasteiger partial charge in [-0.25, -0.2) is 4.98 Å². The monoisotopic (exact) mass is 375 g/mol. The average Bonchev–Trinajstić information content (AvgIpc) is 2.75. The molecule has 0 unspecified atom stereocenters. The van der Waals surface area contributed by atoms with Crippen molar-refractivity contribution in [1.82, 2.24) is 15.0 Å². The standard InChI is InChI=1S/C21H21N5O2/c22-17-4-10-26-21(28-16-5-11-27-12-6-16)19(17)20(23)15-3-9-25-18(13-15)14-1-7-24-8-2-14/h1-4,7-10,13,16,23H,5-6,11-12H2,(H2,22,26). The Hall–Kier alpha value is -3.32. The number of anilines is 1. The molecule has 3 aromatic rings. The lowest BCUT2D eigenvalue weighted by atomic mass is 10.0. The van der Waals surface area contributed by atoms with E-state index in [2.05, 4.69) is 15.0 Å². The molecule has 3 N–H and O–H groups in total. The zero-order valence-electron chi connectivity index (χ0n) is 15.3. The average molecular weight is 375 g/mol. The highest BCUT2D eigenvalue weighted by Gasteiger charge is 2.22. The zero-order chi connectivity index (χ0) is 19.3. The summed E-state index contributed by atoms with van der Waals surface area (Å²) in [4.78, 5) is 12.8. The molecule has 1 aliphatic heterocycles. The number of ether oxygens (including phenoxy) is 2. The van der Waals surface area contributed by atoms with Crippen molar-refractivity contribution >= 4 is 11.4 Å². The number of hydrogen-bond donors (Lipinski definition) is 2. The van der Waals surface area contributed by atoms with Gasteiger partial charge in [0.1, 0.15) is 6.10 Å². The molecule has 1 fully saturated rings. The number of nitrogen functional groups attached to an aromatic ring is 1. The normalized spacial score (nSPS) is 14.6. The summed E-state index contributed by atoms with van der Waals surface area (Å²) >= 11 is 0. The van der Waals surface area contributed by atoms with Gasteiger partial charge in [-0.15, -0.1) is 0 Å². The van der Waals surface area contributed by atoms with Crippen molar-refractivity contribution in [3.63, 3.8) is 0 Å². The largest absolute Gasteiger partial charge is 0.474 e. The minimum atomic E-state index is 0.0134. The summed E-state index contributed by atoms with van der Waals surface area (Å²) in [6.45, 7) is 1.33. The van der Waals surface area contributed by atoms with Crippen LogP contribution >= 0.6 is 0 Å². The molecule has 0 amide bonds. The van der Waals surface area contributed by atoms with Crippen LogP contribution in [0, 0.1) is 5.41 Å². The van der Waals surface area contributed by atoms with Gasteiger partial charge in [-0.05, 0) is 30.3 Å². The summed E-state index contributed by atoms with van der Waals surface area (Å²) in [6, 6.07) is 9.10. The molecule has 0 aliphatic carbocycles. The summed E-state index contributed by atoms with van der Waals surface area (Å²) in [6.07, 6.45) is 8.33. The molecule has 7 nitrogen and oxygen atoms in total. The molecule has 4 rings (SSSR count). The molecular formula is C21H21N5O2. The first-order valence-corrected chi connectivity index (χ1v) is 9.17. The Balaban J connectivity index is 1.66. The van der Waals surface area contributed by atoms with Gasteiger partial charge in [0.15, 0.2) is 0 Å². The maximum Gasteiger partial charge on any atom is 0.225 e. The molecule has 142 valence electrons. The molecule has 0 atom stereocenters. The molecule has 3 aromatic heterocycles. The second-order valence-corrected chi connectivity index (χ2v) is 6.55. The van der Waals surface area contributed by atoms with E-state index in [0.29, 0.717) is 35.9 Å². The highest BCUT2D eigenvalue weighted by molar-refractivity contribution is 6.15. The molecule has 28 heavy (non-hydrogen) atoms. The summed E-state index contributed by atoms with van der Waals surface area (Å²) < 4.78 is 11.5. The molecule has 0 spiro atoms. The van der Waals surface area contributed by atoms with Crippen LogP contribution in [0.4, 0.5) is 5.69 Å². The molecule has 0 aromatic carbocycles. The third kappa shape index (κ3) is 3.84. The van der Waals surface area contributed by atoms with Crippen molar-refractivity contribution in [2.45, 2.75) is 18.9 Å². The molecule has 7 heteroatoms. The second-order valence-electron chi connectivity index (χ2n) is 6.55. The second kappa shape index (κ2) is 8.14. The molecule has 1 saturated heterocycles. The van der Waals surface area contributed by atoms with Crippen molar-refractivity contribution in [3.8, 4) is 17.1 Å². The van der Waals surface area contributed by atoms with Crippen LogP contribution in [0.1, 0.15) is 24.0 Å². The Bertz CT molecular complexity index is 972. The van der Waals surface area contributed by atoms with E-state index in [4.69, 9.17) is 20.6 Å². The van der Waals surface area contributed by atoms with Crippen molar-refractivity contribution in [3.05, 3.63) is 66.2 Å². The van der Waals surface area contributed by atoms with E-state index >= 15 is 0 Å². The maximum absolute atomic E-state index is 8.76. The van der Waals surface area contributed by atoms with Crippen molar-refractivity contribution in [2.75, 3.05) is 18.9 Å². The third-order valence-corrected chi connectivity index (χ3v) is 4.67. The van der Waals surface area contributed by atoms with Gasteiger partial charge in [0.25, 0.3) is 0 Å². The summed E-state index contributed by atoms with van der Waals surface area (Å²) in [5, 5.41) is 8.76. The number of hydrogen-bond acceptors (Lipinski definition) is 7. The minimum Gasteiger partial charge on any atom is -0.474 e. The van der Waals surface area contributed by atoms with Crippen LogP contribution in [0.5, 0.6) is 5.88 Å².